The van der Waals surface area contributed by atoms with E-state index in [0.717, 1.165) is 31.2 Å². The van der Waals surface area contributed by atoms with Crippen molar-refractivity contribution >= 4 is 17.5 Å². The van der Waals surface area contributed by atoms with Crippen molar-refractivity contribution in [3.8, 4) is 17.2 Å². The topological polar surface area (TPSA) is 88.1 Å². The number of phenols is 1. The fourth-order valence-corrected chi connectivity index (χ4v) is 5.14. The monoisotopic (exact) mass is 514 g/mol. The van der Waals surface area contributed by atoms with Gasteiger partial charge in [-0.3, -0.25) is 14.5 Å². The van der Waals surface area contributed by atoms with Gasteiger partial charge in [-0.15, -0.1) is 0 Å². The molecule has 7 heteroatoms. The van der Waals surface area contributed by atoms with Crippen LogP contribution < -0.4 is 19.7 Å². The first-order valence-corrected chi connectivity index (χ1v) is 13.3. The van der Waals surface area contributed by atoms with Crippen molar-refractivity contribution in [3.63, 3.8) is 0 Å². The number of nitrogens with zero attached hydrogens (tertiary/aromatic N) is 1. The van der Waals surface area contributed by atoms with E-state index in [1.165, 1.54) is 0 Å². The summed E-state index contributed by atoms with van der Waals surface area (Å²) in [7, 11) is 0. The van der Waals surface area contributed by atoms with Crippen LogP contribution in [0.4, 0.5) is 5.69 Å². The highest BCUT2D eigenvalue weighted by atomic mass is 16.6. The molecule has 3 aromatic carbocycles. The van der Waals surface area contributed by atoms with Gasteiger partial charge in [0, 0.05) is 17.3 Å². The smallest absolute Gasteiger partial charge is 0.259 e. The predicted molar refractivity (Wildman–Crippen MR) is 146 cm³/mol. The number of rotatable bonds is 7. The third-order valence-electron chi connectivity index (χ3n) is 7.26. The van der Waals surface area contributed by atoms with Gasteiger partial charge >= 0.3 is 0 Å². The maximum absolute atomic E-state index is 14.3. The molecule has 5 rings (SSSR count). The number of hydrogen-bond donors (Lipinski definition) is 2. The number of carbonyl (C=O) groups is 2. The molecule has 198 valence electrons. The average molecular weight is 515 g/mol. The van der Waals surface area contributed by atoms with E-state index in [9.17, 15) is 14.7 Å². The molecule has 1 atom stereocenters. The Labute approximate surface area is 223 Å². The number of carbonyl (C=O) groups excluding carboxylic acids is 2. The third-order valence-corrected chi connectivity index (χ3v) is 7.26. The Morgan fingerprint density at radius 2 is 1.50 bits per heavy atom. The lowest BCUT2D eigenvalue weighted by Crippen LogP contribution is -2.46. The molecule has 0 bridgehead atoms. The Kier molecular flexibility index (Phi) is 7.54. The average Bonchev–Trinajstić information content (AvgIpc) is 3.45. The Morgan fingerprint density at radius 3 is 2.16 bits per heavy atom. The second-order valence-electron chi connectivity index (χ2n) is 10.3. The minimum absolute atomic E-state index is 0.0803. The fraction of sp³-hybridized carbons (Fsp3) is 0.355. The van der Waals surface area contributed by atoms with E-state index >= 15 is 0 Å². The lowest BCUT2D eigenvalue weighted by molar-refractivity contribution is -0.123. The summed E-state index contributed by atoms with van der Waals surface area (Å²) >= 11 is 0. The lowest BCUT2D eigenvalue weighted by atomic mass is 9.99. The zero-order valence-electron chi connectivity index (χ0n) is 21.9. The van der Waals surface area contributed by atoms with Crippen LogP contribution in [0.1, 0.15) is 73.0 Å². The van der Waals surface area contributed by atoms with Gasteiger partial charge in [-0.25, -0.2) is 0 Å². The summed E-state index contributed by atoms with van der Waals surface area (Å²) < 4.78 is 11.4. The summed E-state index contributed by atoms with van der Waals surface area (Å²) in [6.45, 7) is 5.09. The Hall–Kier alpha value is -4.00. The zero-order valence-corrected chi connectivity index (χ0v) is 21.9. The minimum Gasteiger partial charge on any atom is -0.508 e. The Balaban J connectivity index is 1.60. The molecule has 7 nitrogen and oxygen atoms in total. The van der Waals surface area contributed by atoms with Crippen LogP contribution in [0.15, 0.2) is 66.7 Å². The molecule has 0 radical (unpaired) electrons. The van der Waals surface area contributed by atoms with Gasteiger partial charge in [0.25, 0.3) is 5.91 Å². The van der Waals surface area contributed by atoms with Crippen LogP contribution in [0.25, 0.3) is 0 Å². The molecule has 3 aromatic rings. The molecule has 2 aliphatic rings. The van der Waals surface area contributed by atoms with Gasteiger partial charge in [0.15, 0.2) is 11.5 Å². The molecule has 0 aromatic heterocycles. The van der Waals surface area contributed by atoms with Crippen LogP contribution in [0.2, 0.25) is 0 Å². The molecule has 0 unspecified atom stereocenters. The predicted octanol–water partition coefficient (Wildman–Crippen LogP) is 5.73. The number of anilines is 1. The quantitative estimate of drug-likeness (QED) is 0.420. The third kappa shape index (κ3) is 5.47. The highest BCUT2D eigenvalue weighted by Crippen LogP contribution is 2.35. The summed E-state index contributed by atoms with van der Waals surface area (Å²) in [5.74, 6) is 0.933. The second-order valence-corrected chi connectivity index (χ2v) is 10.3. The fourth-order valence-electron chi connectivity index (χ4n) is 5.14. The first-order valence-electron chi connectivity index (χ1n) is 13.3. The highest BCUT2D eigenvalue weighted by Gasteiger charge is 2.35. The van der Waals surface area contributed by atoms with Crippen molar-refractivity contribution in [1.29, 1.82) is 0 Å². The first kappa shape index (κ1) is 25.6. The van der Waals surface area contributed by atoms with Crippen molar-refractivity contribution in [2.75, 3.05) is 18.1 Å². The van der Waals surface area contributed by atoms with Gasteiger partial charge < -0.3 is 19.9 Å². The molecule has 1 fully saturated rings. The molecule has 2 N–H and O–H groups in total. The van der Waals surface area contributed by atoms with Crippen molar-refractivity contribution < 1.29 is 24.2 Å². The van der Waals surface area contributed by atoms with Crippen LogP contribution in [-0.4, -0.2) is 36.2 Å². The molecular weight excluding hydrogens is 480 g/mol. The molecule has 38 heavy (non-hydrogen) atoms. The summed E-state index contributed by atoms with van der Waals surface area (Å²) in [6.07, 6.45) is 4.00. The van der Waals surface area contributed by atoms with Crippen molar-refractivity contribution in [3.05, 3.63) is 83.4 Å². The van der Waals surface area contributed by atoms with Crippen molar-refractivity contribution in [2.45, 2.75) is 57.5 Å². The van der Waals surface area contributed by atoms with Gasteiger partial charge in [-0.2, -0.15) is 0 Å². The van der Waals surface area contributed by atoms with Crippen LogP contribution in [0.5, 0.6) is 17.2 Å². The maximum atomic E-state index is 14.3. The van der Waals surface area contributed by atoms with E-state index in [2.05, 4.69) is 19.2 Å². The molecule has 1 saturated carbocycles. The summed E-state index contributed by atoms with van der Waals surface area (Å²) in [5.41, 5.74) is 2.74. The van der Waals surface area contributed by atoms with E-state index in [0.29, 0.717) is 47.4 Å². The largest absolute Gasteiger partial charge is 0.508 e. The Bertz CT molecular complexity index is 1280. The first-order chi connectivity index (χ1) is 18.4. The summed E-state index contributed by atoms with van der Waals surface area (Å²) in [6, 6.07) is 18.5. The molecule has 1 heterocycles. The SMILES string of the molecule is CC(C)c1ccc(N(C(=O)c2ccc3c(c2)OCCO3)[C@@H](C(=O)NC2CCCC2)c2ccc(O)cc2)cc1. The number of phenolic OH excluding ortho intramolecular Hbond substituents is 1. The minimum atomic E-state index is -0.943. The molecule has 0 saturated heterocycles. The van der Waals surface area contributed by atoms with Gasteiger partial charge in [-0.05, 0) is 72.4 Å². The van der Waals surface area contributed by atoms with E-state index in [1.54, 1.807) is 47.4 Å². The van der Waals surface area contributed by atoms with E-state index < -0.39 is 6.04 Å². The number of nitrogens with one attached hydrogen (secondary N) is 1. The van der Waals surface area contributed by atoms with Crippen molar-refractivity contribution in [2.24, 2.45) is 0 Å². The van der Waals surface area contributed by atoms with Gasteiger partial charge in [0.05, 0.1) is 0 Å². The molecular formula is C31H34N2O5. The van der Waals surface area contributed by atoms with Crippen LogP contribution in [0.3, 0.4) is 0 Å². The number of benzene rings is 3. The normalized spacial score (nSPS) is 15.8. The second kappa shape index (κ2) is 11.2. The van der Waals surface area contributed by atoms with E-state index in [-0.39, 0.29) is 23.6 Å². The van der Waals surface area contributed by atoms with Gasteiger partial charge in [-0.1, -0.05) is 51.0 Å². The number of aromatic hydroxyl groups is 1. The van der Waals surface area contributed by atoms with E-state index in [1.807, 2.05) is 24.3 Å². The van der Waals surface area contributed by atoms with Crippen LogP contribution in [0, 0.1) is 0 Å². The lowest BCUT2D eigenvalue weighted by Gasteiger charge is -2.33. The van der Waals surface area contributed by atoms with Crippen LogP contribution in [-0.2, 0) is 4.79 Å². The molecule has 1 aliphatic heterocycles. The standard InChI is InChI=1S/C31H34N2O5/c1-20(2)21-7-12-25(13-8-21)33(31(36)23-11-16-27-28(19-23)38-18-17-37-27)29(22-9-14-26(34)15-10-22)30(35)32-24-5-3-4-6-24/h7-16,19-20,24,29,34H,3-6,17-18H2,1-2H3,(H,32,35)/t29-/m1/s1. The number of hydrogen-bond acceptors (Lipinski definition) is 5. The highest BCUT2D eigenvalue weighted by molar-refractivity contribution is 6.10. The number of ether oxygens (including phenoxy) is 2. The summed E-state index contributed by atoms with van der Waals surface area (Å²) in [5, 5.41) is 13.1. The Morgan fingerprint density at radius 1 is 0.868 bits per heavy atom. The van der Waals surface area contributed by atoms with E-state index in [4.69, 9.17) is 9.47 Å². The molecule has 2 amide bonds. The summed E-state index contributed by atoms with van der Waals surface area (Å²) in [4.78, 5) is 29.8. The van der Waals surface area contributed by atoms with Gasteiger partial charge in [0.1, 0.15) is 25.0 Å². The molecule has 0 spiro atoms. The van der Waals surface area contributed by atoms with Crippen LogP contribution >= 0.6 is 0 Å². The maximum Gasteiger partial charge on any atom is 0.259 e. The van der Waals surface area contributed by atoms with Crippen molar-refractivity contribution in [1.82, 2.24) is 5.32 Å². The number of amides is 2. The number of fused-ring (bicyclic) bond motifs is 1. The van der Waals surface area contributed by atoms with Gasteiger partial charge in [0.2, 0.25) is 5.91 Å². The molecule has 1 aliphatic carbocycles. The zero-order chi connectivity index (χ0) is 26.6.